The molecule has 0 bridgehead atoms. The first-order chi connectivity index (χ1) is 11.6. The lowest BCUT2D eigenvalue weighted by Gasteiger charge is -2.13. The first kappa shape index (κ1) is 19.7. The molecule has 0 saturated heterocycles. The molecule has 0 amide bonds. The van der Waals surface area contributed by atoms with Crippen LogP contribution >= 0.6 is 39.1 Å². The Bertz CT molecular complexity index is 971. The lowest BCUT2D eigenvalue weighted by Crippen LogP contribution is -2.15. The van der Waals surface area contributed by atoms with Gasteiger partial charge in [0.25, 0.3) is 0 Å². The molecule has 0 aliphatic carbocycles. The van der Waals surface area contributed by atoms with Gasteiger partial charge in [0.2, 0.25) is 15.8 Å². The zero-order valence-electron chi connectivity index (χ0n) is 11.9. The molecule has 134 valence electrons. The third kappa shape index (κ3) is 3.97. The van der Waals surface area contributed by atoms with E-state index in [2.05, 4.69) is 26.2 Å². The molecule has 0 fully saturated rings. The summed E-state index contributed by atoms with van der Waals surface area (Å²) < 4.78 is 39.6. The highest BCUT2D eigenvalue weighted by atomic mass is 79.9. The van der Waals surface area contributed by atoms with E-state index >= 15 is 0 Å². The van der Waals surface area contributed by atoms with Gasteiger partial charge in [-0.05, 0) is 34.1 Å². The predicted octanol–water partition coefficient (Wildman–Crippen LogP) is 3.32. The van der Waals surface area contributed by atoms with E-state index in [1.807, 2.05) is 0 Å². The van der Waals surface area contributed by atoms with Gasteiger partial charge in [0.15, 0.2) is 0 Å². The van der Waals surface area contributed by atoms with Crippen LogP contribution in [0.2, 0.25) is 10.0 Å². The molecule has 0 atom stereocenters. The van der Waals surface area contributed by atoms with Crippen molar-refractivity contribution in [2.45, 2.75) is 9.79 Å². The van der Waals surface area contributed by atoms with Gasteiger partial charge in [0.05, 0.1) is 9.37 Å². The van der Waals surface area contributed by atoms with Crippen LogP contribution in [0.4, 0.5) is 10.2 Å². The van der Waals surface area contributed by atoms with Crippen LogP contribution in [0.5, 0.6) is 5.75 Å². The number of anilines is 1. The van der Waals surface area contributed by atoms with Crippen LogP contribution in [-0.4, -0.2) is 36.1 Å². The highest BCUT2D eigenvalue weighted by molar-refractivity contribution is 9.10. The maximum Gasteiger partial charge on any atom is 0.322 e. The predicted molar refractivity (Wildman–Crippen MR) is 91.6 cm³/mol. The molecule has 0 saturated carbocycles. The Kier molecular flexibility index (Phi) is 5.77. The molecular formula is C13H8BrCl2FN2O5S. The highest BCUT2D eigenvalue weighted by Gasteiger charge is 2.30. The number of carbonyl (C=O) groups is 1. The summed E-state index contributed by atoms with van der Waals surface area (Å²) in [6.45, 7) is -0.669. The van der Waals surface area contributed by atoms with E-state index in [0.717, 1.165) is 18.2 Å². The molecule has 0 radical (unpaired) electrons. The molecule has 1 aromatic heterocycles. The monoisotopic (exact) mass is 472 g/mol. The van der Waals surface area contributed by atoms with Crippen molar-refractivity contribution in [3.05, 3.63) is 38.7 Å². The second-order valence-electron chi connectivity index (χ2n) is 4.57. The van der Waals surface area contributed by atoms with E-state index in [0.29, 0.717) is 0 Å². The van der Waals surface area contributed by atoms with Gasteiger partial charge in [-0.15, -0.1) is 0 Å². The number of phenolic OH excluding ortho intramolecular Hbond substituents is 1. The van der Waals surface area contributed by atoms with Crippen molar-refractivity contribution in [2.24, 2.45) is 0 Å². The first-order valence-electron chi connectivity index (χ1n) is 6.29. The third-order valence-corrected chi connectivity index (χ3v) is 6.30. The van der Waals surface area contributed by atoms with E-state index in [1.165, 1.54) is 0 Å². The zero-order valence-corrected chi connectivity index (χ0v) is 15.8. The summed E-state index contributed by atoms with van der Waals surface area (Å²) in [6, 6.07) is 3.27. The molecule has 2 rings (SSSR count). The van der Waals surface area contributed by atoms with Gasteiger partial charge in [-0.25, -0.2) is 8.42 Å². The minimum Gasteiger partial charge on any atom is -0.507 e. The number of benzene rings is 1. The lowest BCUT2D eigenvalue weighted by molar-refractivity contribution is -0.134. The van der Waals surface area contributed by atoms with Crippen molar-refractivity contribution in [3.8, 4) is 5.75 Å². The lowest BCUT2D eigenvalue weighted by atomic mass is 10.3. The number of hydrogen-bond donors (Lipinski definition) is 3. The molecule has 0 unspecified atom stereocenters. The highest BCUT2D eigenvalue weighted by Crippen LogP contribution is 2.39. The largest absolute Gasteiger partial charge is 0.507 e. The minimum atomic E-state index is -4.40. The fourth-order valence-corrected chi connectivity index (χ4v) is 4.72. The summed E-state index contributed by atoms with van der Waals surface area (Å²) in [6.07, 6.45) is 0. The Hall–Kier alpha value is -1.62. The molecule has 2 aromatic rings. The van der Waals surface area contributed by atoms with Crippen molar-refractivity contribution < 1.29 is 27.8 Å². The van der Waals surface area contributed by atoms with Crippen molar-refractivity contribution in [1.29, 1.82) is 0 Å². The van der Waals surface area contributed by atoms with Gasteiger partial charge < -0.3 is 15.5 Å². The van der Waals surface area contributed by atoms with Gasteiger partial charge in [0.1, 0.15) is 33.1 Å². The number of halogens is 4. The fraction of sp³-hybridized carbons (Fsp3) is 0.0769. The number of rotatable bonds is 5. The molecular weight excluding hydrogens is 466 g/mol. The normalized spacial score (nSPS) is 11.4. The fourth-order valence-electron chi connectivity index (χ4n) is 1.78. The van der Waals surface area contributed by atoms with E-state index in [4.69, 9.17) is 28.3 Å². The number of sulfone groups is 1. The number of nitrogens with one attached hydrogen (secondary N) is 1. The van der Waals surface area contributed by atoms with Crippen molar-refractivity contribution in [1.82, 2.24) is 4.98 Å². The van der Waals surface area contributed by atoms with Crippen LogP contribution in [0.3, 0.4) is 0 Å². The Labute approximate surface area is 159 Å². The minimum absolute atomic E-state index is 0.0829. The zero-order chi connectivity index (χ0) is 18.9. The van der Waals surface area contributed by atoms with Crippen LogP contribution < -0.4 is 5.32 Å². The number of nitrogens with zero attached hydrogens (tertiary/aromatic N) is 1. The molecule has 0 spiro atoms. The second-order valence-corrected chi connectivity index (χ2v) is 8.07. The topological polar surface area (TPSA) is 117 Å². The van der Waals surface area contributed by atoms with Gasteiger partial charge in [0, 0.05) is 0 Å². The maximum absolute atomic E-state index is 13.9. The molecule has 0 aliphatic rings. The number of aromatic nitrogens is 1. The Morgan fingerprint density at radius 1 is 1.32 bits per heavy atom. The Morgan fingerprint density at radius 3 is 2.52 bits per heavy atom. The summed E-state index contributed by atoms with van der Waals surface area (Å²) >= 11 is 14.7. The number of aromatic hydroxyl groups is 1. The average Bonchev–Trinajstić information content (AvgIpc) is 2.52. The Balaban J connectivity index is 2.67. The number of pyridine rings is 1. The SMILES string of the molecule is O=C(O)CNc1nc(F)c(Cl)c(S(=O)(=O)c2ccc(O)c(Br)c2)c1Cl. The van der Waals surface area contributed by atoms with Crippen LogP contribution in [0.15, 0.2) is 32.5 Å². The second kappa shape index (κ2) is 7.32. The Morgan fingerprint density at radius 2 is 1.96 bits per heavy atom. The standard InChI is InChI=1S/C13H8BrCl2FN2O5S/c14-6-3-5(1-2-7(6)20)25(23,24)11-9(15)12(17)19-13(10(11)16)18-4-8(21)22/h1-3,20H,4H2,(H,18,19)(H,21,22). The average molecular weight is 474 g/mol. The summed E-state index contributed by atoms with van der Waals surface area (Å²) in [4.78, 5) is 12.8. The van der Waals surface area contributed by atoms with Crippen molar-refractivity contribution in [2.75, 3.05) is 11.9 Å². The van der Waals surface area contributed by atoms with Gasteiger partial charge in [-0.2, -0.15) is 9.37 Å². The number of carboxylic acids is 1. The molecule has 1 aromatic carbocycles. The molecule has 3 N–H and O–H groups in total. The van der Waals surface area contributed by atoms with E-state index in [-0.39, 0.29) is 15.1 Å². The van der Waals surface area contributed by atoms with Crippen molar-refractivity contribution >= 4 is 60.8 Å². The summed E-state index contributed by atoms with van der Waals surface area (Å²) in [5.41, 5.74) is 0. The summed E-state index contributed by atoms with van der Waals surface area (Å²) in [5.74, 6) is -3.32. The summed E-state index contributed by atoms with van der Waals surface area (Å²) in [5, 5.41) is 18.9. The van der Waals surface area contributed by atoms with Gasteiger partial charge in [-0.3, -0.25) is 4.79 Å². The third-order valence-electron chi connectivity index (χ3n) is 2.90. The maximum atomic E-state index is 13.9. The number of aliphatic carboxylic acids is 1. The van der Waals surface area contributed by atoms with E-state index < -0.39 is 49.1 Å². The van der Waals surface area contributed by atoms with E-state index in [9.17, 15) is 22.7 Å². The van der Waals surface area contributed by atoms with Crippen LogP contribution in [0.1, 0.15) is 0 Å². The van der Waals surface area contributed by atoms with Crippen LogP contribution in [0, 0.1) is 5.95 Å². The number of phenols is 1. The quantitative estimate of drug-likeness (QED) is 0.570. The number of hydrogen-bond acceptors (Lipinski definition) is 6. The summed E-state index contributed by atoms with van der Waals surface area (Å²) in [7, 11) is -4.40. The molecule has 7 nitrogen and oxygen atoms in total. The van der Waals surface area contributed by atoms with Crippen molar-refractivity contribution in [3.63, 3.8) is 0 Å². The molecule has 1 heterocycles. The first-order valence-corrected chi connectivity index (χ1v) is 9.32. The van der Waals surface area contributed by atoms with Crippen LogP contribution in [-0.2, 0) is 14.6 Å². The van der Waals surface area contributed by atoms with Gasteiger partial charge >= 0.3 is 5.97 Å². The molecule has 25 heavy (non-hydrogen) atoms. The molecule has 12 heteroatoms. The number of carboxylic acid groups (broad SMARTS) is 1. The van der Waals surface area contributed by atoms with Gasteiger partial charge in [-0.1, -0.05) is 23.2 Å². The molecule has 0 aliphatic heterocycles. The smallest absolute Gasteiger partial charge is 0.322 e. The van der Waals surface area contributed by atoms with E-state index in [1.54, 1.807) is 0 Å². The van der Waals surface area contributed by atoms with Crippen LogP contribution in [0.25, 0.3) is 0 Å².